The number of rotatable bonds is 40. The van der Waals surface area contributed by atoms with E-state index < -0.39 is 0 Å². The molecule has 9 rings (SSSR count). The summed E-state index contributed by atoms with van der Waals surface area (Å²) < 4.78 is 55.3. The molecule has 0 radical (unpaired) electrons. The standard InChI is InChI=1S/C76H102N4O8/c1-9-17-25-41-81-61-33-34-62(82-42-26-18-10-2)70-54-50-56-72-64(84-44-28-20-12-4)37-38-66(86-46-30-22-14-6)74(72)58(79-56)52-60-76-68(88-48-32-24-16-8)40-39-67(87-47-31-23-15-7)75(76)59(80-60)51-57-73-65(85-45-29-21-13-5)36-35-63(83-43-27-19-11-3)71(73)55(78-57)49-53(77-54)69(61)70/h33-40,49-52,77,80H,9-32,41-48H2,1-8H3. The fraction of sp³-hybridized carbons (Fsp3) is 0.526. The van der Waals surface area contributed by atoms with Crippen LogP contribution in [-0.2, 0) is 0 Å². The Kier molecular flexibility index (Phi) is 25.3. The highest BCUT2D eigenvalue weighted by Crippen LogP contribution is 2.52. The Morgan fingerprint density at radius 3 is 0.591 bits per heavy atom. The van der Waals surface area contributed by atoms with Gasteiger partial charge in [0.2, 0.25) is 0 Å². The van der Waals surface area contributed by atoms with Gasteiger partial charge in [-0.1, -0.05) is 158 Å². The predicted octanol–water partition coefficient (Wildman–Crippen LogP) is 21.8. The number of ether oxygens (including phenoxy) is 8. The number of hydrogen-bond donors (Lipinski definition) is 2. The first-order valence-corrected chi connectivity index (χ1v) is 34.4. The van der Waals surface area contributed by atoms with Crippen LogP contribution in [0.1, 0.15) is 209 Å². The minimum absolute atomic E-state index is 0.570. The van der Waals surface area contributed by atoms with E-state index in [1.165, 1.54) is 0 Å². The number of unbranched alkanes of at least 4 members (excludes halogenated alkanes) is 16. The van der Waals surface area contributed by atoms with Gasteiger partial charge in [0.1, 0.15) is 46.0 Å². The number of aromatic amines is 2. The van der Waals surface area contributed by atoms with Crippen LogP contribution in [0.25, 0.3) is 88.6 Å². The van der Waals surface area contributed by atoms with Gasteiger partial charge in [-0.2, -0.15) is 0 Å². The fourth-order valence-electron chi connectivity index (χ4n) is 12.0. The van der Waals surface area contributed by atoms with E-state index in [1.54, 1.807) is 0 Å². The number of fused-ring (bicyclic) bond motifs is 20. The summed E-state index contributed by atoms with van der Waals surface area (Å²) in [6, 6.07) is 25.4. The van der Waals surface area contributed by atoms with E-state index in [0.29, 0.717) is 52.9 Å². The van der Waals surface area contributed by atoms with Crippen molar-refractivity contribution in [3.8, 4) is 91.0 Å². The average Bonchev–Trinajstić information content (AvgIpc) is 1.84. The van der Waals surface area contributed by atoms with Crippen molar-refractivity contribution in [3.05, 3.63) is 72.8 Å². The minimum atomic E-state index is 0.570. The summed E-state index contributed by atoms with van der Waals surface area (Å²) in [4.78, 5) is 19.6. The van der Waals surface area contributed by atoms with Gasteiger partial charge in [0.15, 0.2) is 0 Å². The highest BCUT2D eigenvalue weighted by Gasteiger charge is 2.30. The molecule has 0 fully saturated rings. The number of H-pyrrole nitrogens is 2. The summed E-state index contributed by atoms with van der Waals surface area (Å²) in [5.41, 5.74) is 9.80. The van der Waals surface area contributed by atoms with E-state index in [9.17, 15) is 0 Å². The molecule has 474 valence electrons. The summed E-state index contributed by atoms with van der Waals surface area (Å²) in [5, 5.41) is 3.64. The van der Waals surface area contributed by atoms with Crippen molar-refractivity contribution in [1.29, 1.82) is 0 Å². The highest BCUT2D eigenvalue weighted by atomic mass is 16.5. The summed E-state index contributed by atoms with van der Waals surface area (Å²) in [5.74, 6) is 6.11. The average molecular weight is 1200 g/mol. The molecule has 5 heterocycles. The van der Waals surface area contributed by atoms with Gasteiger partial charge in [-0.25, -0.2) is 9.97 Å². The van der Waals surface area contributed by atoms with Crippen molar-refractivity contribution in [2.24, 2.45) is 0 Å². The van der Waals surface area contributed by atoms with Gasteiger partial charge in [-0.05, 0) is 124 Å². The fourth-order valence-corrected chi connectivity index (χ4v) is 12.0. The van der Waals surface area contributed by atoms with Crippen molar-refractivity contribution in [2.75, 3.05) is 52.9 Å². The molecule has 2 aliphatic rings. The van der Waals surface area contributed by atoms with Crippen molar-refractivity contribution in [3.63, 3.8) is 0 Å². The van der Waals surface area contributed by atoms with E-state index in [1.807, 2.05) is 0 Å². The summed E-state index contributed by atoms with van der Waals surface area (Å²) in [6.07, 6.45) is 24.7. The zero-order valence-electron chi connectivity index (χ0n) is 54.7. The second-order valence-corrected chi connectivity index (χ2v) is 23.9. The molecule has 2 aliphatic heterocycles. The summed E-state index contributed by atoms with van der Waals surface area (Å²) in [6.45, 7) is 22.4. The maximum absolute atomic E-state index is 6.92. The molecular formula is C76H102N4O8. The van der Waals surface area contributed by atoms with E-state index >= 15 is 0 Å². The third-order valence-electron chi connectivity index (χ3n) is 16.8. The van der Waals surface area contributed by atoms with Crippen LogP contribution in [0.3, 0.4) is 0 Å². The monoisotopic (exact) mass is 1200 g/mol. The van der Waals surface area contributed by atoms with Gasteiger partial charge in [-0.15, -0.1) is 0 Å². The maximum Gasteiger partial charge on any atom is 0.129 e. The summed E-state index contributed by atoms with van der Waals surface area (Å²) >= 11 is 0. The summed E-state index contributed by atoms with van der Waals surface area (Å²) in [7, 11) is 0. The third kappa shape index (κ3) is 16.0. The van der Waals surface area contributed by atoms with E-state index in [-0.39, 0.29) is 0 Å². The lowest BCUT2D eigenvalue weighted by Crippen LogP contribution is -2.02. The van der Waals surface area contributed by atoms with Crippen LogP contribution < -0.4 is 37.9 Å². The van der Waals surface area contributed by atoms with Gasteiger partial charge in [0.05, 0.1) is 141 Å². The van der Waals surface area contributed by atoms with Crippen LogP contribution in [0.5, 0.6) is 46.0 Å². The molecular weight excluding hydrogens is 1100 g/mol. The van der Waals surface area contributed by atoms with Gasteiger partial charge in [0.25, 0.3) is 0 Å². The van der Waals surface area contributed by atoms with Gasteiger partial charge >= 0.3 is 0 Å². The Morgan fingerprint density at radius 1 is 0.239 bits per heavy atom. The number of aromatic nitrogens is 4. The number of nitrogens with zero attached hydrogens (tertiary/aromatic N) is 2. The van der Waals surface area contributed by atoms with Crippen molar-refractivity contribution < 1.29 is 37.9 Å². The Bertz CT molecular complexity index is 3080. The molecule has 0 aliphatic carbocycles. The molecule has 8 bridgehead atoms. The van der Waals surface area contributed by atoms with E-state index in [0.717, 1.165) is 289 Å². The molecule has 0 unspecified atom stereocenters. The zero-order valence-corrected chi connectivity index (χ0v) is 54.7. The molecule has 0 saturated carbocycles. The van der Waals surface area contributed by atoms with Crippen molar-refractivity contribution in [2.45, 2.75) is 209 Å². The molecule has 0 amide bonds. The van der Waals surface area contributed by atoms with Crippen LogP contribution >= 0.6 is 0 Å². The Hall–Kier alpha value is -7.08. The predicted molar refractivity (Wildman–Crippen MR) is 365 cm³/mol. The molecule has 4 aromatic carbocycles. The van der Waals surface area contributed by atoms with E-state index in [2.05, 4.69) is 138 Å². The maximum atomic E-state index is 6.92. The Labute approximate surface area is 525 Å². The third-order valence-corrected chi connectivity index (χ3v) is 16.8. The minimum Gasteiger partial charge on any atom is -0.493 e. The molecule has 12 nitrogen and oxygen atoms in total. The quantitative estimate of drug-likeness (QED) is 0.0358. The molecule has 0 spiro atoms. The van der Waals surface area contributed by atoms with Crippen molar-refractivity contribution in [1.82, 2.24) is 19.9 Å². The number of benzene rings is 4. The molecule has 0 atom stereocenters. The lowest BCUT2D eigenvalue weighted by atomic mass is 10.0. The second-order valence-electron chi connectivity index (χ2n) is 23.9. The van der Waals surface area contributed by atoms with Crippen LogP contribution in [0.15, 0.2) is 72.8 Å². The smallest absolute Gasteiger partial charge is 0.129 e. The van der Waals surface area contributed by atoms with Crippen molar-refractivity contribution >= 4 is 43.6 Å². The molecule has 7 aromatic rings. The number of nitrogens with one attached hydrogen (secondary N) is 2. The van der Waals surface area contributed by atoms with Gasteiger partial charge in [0, 0.05) is 0 Å². The largest absolute Gasteiger partial charge is 0.493 e. The second kappa shape index (κ2) is 34.0. The Balaban J connectivity index is 1.48. The first kappa shape index (κ1) is 65.4. The van der Waals surface area contributed by atoms with Gasteiger partial charge in [-0.3, -0.25) is 0 Å². The normalized spacial score (nSPS) is 11.7. The first-order chi connectivity index (χ1) is 43.4. The van der Waals surface area contributed by atoms with Gasteiger partial charge < -0.3 is 47.9 Å². The highest BCUT2D eigenvalue weighted by molar-refractivity contribution is 6.16. The van der Waals surface area contributed by atoms with Crippen LogP contribution in [0.4, 0.5) is 0 Å². The SMILES string of the molecule is CCCCCOc1ccc(OCCCCC)c2c1-c1cc3[nH]c(cc4nc(cc5[nH]c(cc-2n1)c1c(OCCCCC)ccc(OCCCCC)c51)-c1c(OCCCCC)ccc(OCCCCC)c1-4)c1c(OCCCCC)ccc(OCCCCC)c31. The molecule has 0 saturated heterocycles. The van der Waals surface area contributed by atoms with Crippen LogP contribution in [-0.4, -0.2) is 72.8 Å². The lowest BCUT2D eigenvalue weighted by Gasteiger charge is -2.15. The molecule has 88 heavy (non-hydrogen) atoms. The molecule has 3 aromatic heterocycles. The Morgan fingerprint density at radius 2 is 0.409 bits per heavy atom. The topological polar surface area (TPSA) is 131 Å². The van der Waals surface area contributed by atoms with Crippen LogP contribution in [0.2, 0.25) is 0 Å². The number of hydrogen-bond acceptors (Lipinski definition) is 10. The lowest BCUT2D eigenvalue weighted by molar-refractivity contribution is 0.300. The van der Waals surface area contributed by atoms with E-state index in [4.69, 9.17) is 47.9 Å². The zero-order chi connectivity index (χ0) is 61.5. The van der Waals surface area contributed by atoms with Crippen LogP contribution in [0, 0.1) is 0 Å². The molecule has 2 N–H and O–H groups in total. The first-order valence-electron chi connectivity index (χ1n) is 34.4. The molecule has 12 heteroatoms.